The van der Waals surface area contributed by atoms with Gasteiger partial charge in [-0.15, -0.1) is 11.3 Å². The average Bonchev–Trinajstić information content (AvgIpc) is 3.04. The zero-order chi connectivity index (χ0) is 18.7. The van der Waals surface area contributed by atoms with Gasteiger partial charge in [0, 0.05) is 11.3 Å². The normalized spacial score (nSPS) is 11.1. The maximum atomic E-state index is 12.4. The number of phenolic OH excluding ortho intramolecular Hbond substituents is 1. The van der Waals surface area contributed by atoms with Crippen molar-refractivity contribution in [2.75, 3.05) is 16.3 Å². The van der Waals surface area contributed by atoms with Crippen molar-refractivity contribution in [2.45, 2.75) is 0 Å². The quantitative estimate of drug-likeness (QED) is 0.620. The van der Waals surface area contributed by atoms with Gasteiger partial charge in [0.1, 0.15) is 5.75 Å². The van der Waals surface area contributed by atoms with Gasteiger partial charge in [-0.2, -0.15) is 0 Å². The van der Waals surface area contributed by atoms with Crippen LogP contribution >= 0.6 is 11.3 Å². The Kier molecular flexibility index (Phi) is 4.97. The molecule has 3 N–H and O–H groups in total. The number of hydrogen-bond donors (Lipinski definition) is 3. The molecule has 0 fully saturated rings. The molecule has 0 aliphatic heterocycles. The Hall–Kier alpha value is -2.84. The zero-order valence-electron chi connectivity index (χ0n) is 13.8. The van der Waals surface area contributed by atoms with E-state index in [1.807, 2.05) is 6.07 Å². The summed E-state index contributed by atoms with van der Waals surface area (Å²) in [4.78, 5) is 12.9. The van der Waals surface area contributed by atoms with Crippen LogP contribution in [0.3, 0.4) is 0 Å². The summed E-state index contributed by atoms with van der Waals surface area (Å²) in [5.41, 5.74) is 2.25. The van der Waals surface area contributed by atoms with Gasteiger partial charge in [0.15, 0.2) is 0 Å². The molecule has 0 aliphatic carbocycles. The smallest absolute Gasteiger partial charge is 0.265 e. The lowest BCUT2D eigenvalue weighted by atomic mass is 10.1. The molecule has 134 valence electrons. The summed E-state index contributed by atoms with van der Waals surface area (Å²) in [6.45, 7) is 0. The number of aromatic hydroxyl groups is 1. The Morgan fingerprint density at radius 2 is 1.77 bits per heavy atom. The van der Waals surface area contributed by atoms with E-state index in [0.717, 1.165) is 11.8 Å². The first kappa shape index (κ1) is 18.0. The van der Waals surface area contributed by atoms with E-state index in [1.54, 1.807) is 47.8 Å². The molecule has 0 atom stereocenters. The fraction of sp³-hybridized carbons (Fsp3) is 0.0556. The van der Waals surface area contributed by atoms with Gasteiger partial charge in [0.05, 0.1) is 16.8 Å². The molecule has 0 saturated heterocycles. The lowest BCUT2D eigenvalue weighted by Crippen LogP contribution is -2.12. The highest BCUT2D eigenvalue weighted by atomic mass is 32.2. The minimum absolute atomic E-state index is 0.150. The molecule has 0 spiro atoms. The largest absolute Gasteiger partial charge is 0.507 e. The molecule has 26 heavy (non-hydrogen) atoms. The zero-order valence-corrected chi connectivity index (χ0v) is 15.4. The second kappa shape index (κ2) is 7.19. The highest BCUT2D eigenvalue weighted by molar-refractivity contribution is 7.92. The first-order chi connectivity index (χ1) is 12.3. The van der Waals surface area contributed by atoms with Crippen molar-refractivity contribution < 1.29 is 18.3 Å². The number of benzene rings is 2. The van der Waals surface area contributed by atoms with E-state index < -0.39 is 10.0 Å². The fourth-order valence-corrected chi connectivity index (χ4v) is 3.74. The molecule has 0 unspecified atom stereocenters. The van der Waals surface area contributed by atoms with Gasteiger partial charge in [-0.1, -0.05) is 24.3 Å². The summed E-state index contributed by atoms with van der Waals surface area (Å²) in [6, 6.07) is 15.1. The lowest BCUT2D eigenvalue weighted by molar-refractivity contribution is 0.103. The minimum Gasteiger partial charge on any atom is -0.507 e. The van der Waals surface area contributed by atoms with Crippen LogP contribution in [0.25, 0.3) is 11.1 Å². The number of amides is 1. The first-order valence-electron chi connectivity index (χ1n) is 7.58. The maximum Gasteiger partial charge on any atom is 0.265 e. The Bertz CT molecular complexity index is 1060. The Labute approximate surface area is 155 Å². The van der Waals surface area contributed by atoms with Gasteiger partial charge in [0.25, 0.3) is 5.91 Å². The summed E-state index contributed by atoms with van der Waals surface area (Å²) >= 11 is 1.26. The predicted octanol–water partition coefficient (Wildman–Crippen LogP) is 3.74. The number of thiophene rings is 1. The van der Waals surface area contributed by atoms with Crippen LogP contribution in [0.5, 0.6) is 5.75 Å². The Balaban J connectivity index is 1.77. The van der Waals surface area contributed by atoms with Gasteiger partial charge in [-0.05, 0) is 41.3 Å². The second-order valence-electron chi connectivity index (χ2n) is 5.63. The van der Waals surface area contributed by atoms with E-state index in [-0.39, 0.29) is 11.7 Å². The molecule has 3 rings (SSSR count). The van der Waals surface area contributed by atoms with Gasteiger partial charge in [-0.25, -0.2) is 8.42 Å². The van der Waals surface area contributed by atoms with E-state index in [4.69, 9.17) is 0 Å². The van der Waals surface area contributed by atoms with Crippen LogP contribution in [0.1, 0.15) is 9.67 Å². The second-order valence-corrected chi connectivity index (χ2v) is 8.29. The van der Waals surface area contributed by atoms with Crippen LogP contribution in [-0.4, -0.2) is 25.7 Å². The van der Waals surface area contributed by atoms with Crippen molar-refractivity contribution >= 4 is 38.6 Å². The molecular weight excluding hydrogens is 372 g/mol. The third kappa shape index (κ3) is 4.41. The van der Waals surface area contributed by atoms with Gasteiger partial charge >= 0.3 is 0 Å². The van der Waals surface area contributed by atoms with Crippen LogP contribution in [0, 0.1) is 0 Å². The number of phenols is 1. The molecule has 6 nitrogen and oxygen atoms in total. The SMILES string of the molecule is CS(=O)(=O)Nc1cccc(NC(=O)c2cc(-c3ccccc3O)cs2)c1. The maximum absolute atomic E-state index is 12.4. The van der Waals surface area contributed by atoms with Gasteiger partial charge < -0.3 is 10.4 Å². The molecule has 0 radical (unpaired) electrons. The predicted molar refractivity (Wildman–Crippen MR) is 104 cm³/mol. The van der Waals surface area contributed by atoms with Crippen LogP contribution in [0.15, 0.2) is 60.0 Å². The molecule has 0 aliphatic rings. The number of hydrogen-bond acceptors (Lipinski definition) is 5. The number of carbonyl (C=O) groups excluding carboxylic acids is 1. The van der Waals surface area contributed by atoms with Crippen molar-refractivity contribution in [3.8, 4) is 16.9 Å². The van der Waals surface area contributed by atoms with Crippen LogP contribution in [0.4, 0.5) is 11.4 Å². The number of anilines is 2. The van der Waals surface area contributed by atoms with E-state index in [9.17, 15) is 18.3 Å². The molecular formula is C18H16N2O4S2. The van der Waals surface area contributed by atoms with E-state index >= 15 is 0 Å². The van der Waals surface area contributed by atoms with E-state index in [2.05, 4.69) is 10.0 Å². The summed E-state index contributed by atoms with van der Waals surface area (Å²) in [6.07, 6.45) is 1.06. The van der Waals surface area contributed by atoms with Crippen molar-refractivity contribution in [1.29, 1.82) is 0 Å². The Morgan fingerprint density at radius 3 is 2.50 bits per heavy atom. The average molecular weight is 388 g/mol. The molecule has 8 heteroatoms. The van der Waals surface area contributed by atoms with Crippen LogP contribution in [-0.2, 0) is 10.0 Å². The Morgan fingerprint density at radius 1 is 1.04 bits per heavy atom. The number of sulfonamides is 1. The molecule has 2 aromatic carbocycles. The standard InChI is InChI=1S/C18H16N2O4S2/c1-26(23,24)20-14-6-4-5-13(10-14)19-18(22)17-9-12(11-25-17)15-7-2-3-8-16(15)21/h2-11,20-21H,1H3,(H,19,22). The van der Waals surface area contributed by atoms with Gasteiger partial charge in [0.2, 0.25) is 10.0 Å². The summed E-state index contributed by atoms with van der Waals surface area (Å²) in [5.74, 6) is -0.162. The van der Waals surface area contributed by atoms with Crippen molar-refractivity contribution in [2.24, 2.45) is 0 Å². The van der Waals surface area contributed by atoms with Crippen molar-refractivity contribution in [3.05, 3.63) is 64.9 Å². The summed E-state index contributed by atoms with van der Waals surface area (Å²) in [5, 5.41) is 14.5. The van der Waals surface area contributed by atoms with Crippen LogP contribution < -0.4 is 10.0 Å². The molecule has 3 aromatic rings. The minimum atomic E-state index is -3.39. The number of rotatable bonds is 5. The van der Waals surface area contributed by atoms with Crippen molar-refractivity contribution in [3.63, 3.8) is 0 Å². The molecule has 1 heterocycles. The molecule has 0 bridgehead atoms. The van der Waals surface area contributed by atoms with E-state index in [1.165, 1.54) is 17.4 Å². The molecule has 1 aromatic heterocycles. The van der Waals surface area contributed by atoms with Crippen LogP contribution in [0.2, 0.25) is 0 Å². The fourth-order valence-electron chi connectivity index (χ4n) is 2.38. The van der Waals surface area contributed by atoms with E-state index in [0.29, 0.717) is 21.8 Å². The third-order valence-corrected chi connectivity index (χ3v) is 5.00. The number of carbonyl (C=O) groups is 1. The summed E-state index contributed by atoms with van der Waals surface area (Å²) in [7, 11) is -3.39. The molecule has 1 amide bonds. The lowest BCUT2D eigenvalue weighted by Gasteiger charge is -2.07. The highest BCUT2D eigenvalue weighted by Crippen LogP contribution is 2.32. The number of para-hydroxylation sites is 1. The highest BCUT2D eigenvalue weighted by Gasteiger charge is 2.13. The first-order valence-corrected chi connectivity index (χ1v) is 10.3. The summed E-state index contributed by atoms with van der Waals surface area (Å²) < 4.78 is 25.0. The van der Waals surface area contributed by atoms with Crippen molar-refractivity contribution in [1.82, 2.24) is 0 Å². The molecule has 0 saturated carbocycles. The monoisotopic (exact) mass is 388 g/mol. The van der Waals surface area contributed by atoms with Gasteiger partial charge in [-0.3, -0.25) is 9.52 Å². The number of nitrogens with one attached hydrogen (secondary N) is 2. The topological polar surface area (TPSA) is 95.5 Å². The third-order valence-electron chi connectivity index (χ3n) is 3.46.